The molecule has 240 valence electrons. The number of piperidine rings is 2. The van der Waals surface area contributed by atoms with E-state index >= 15 is 0 Å². The Morgan fingerprint density at radius 3 is 2.48 bits per heavy atom. The summed E-state index contributed by atoms with van der Waals surface area (Å²) in [6.07, 6.45) is 4.68. The minimum atomic E-state index is -4.59. The molecule has 0 unspecified atom stereocenters. The van der Waals surface area contributed by atoms with Gasteiger partial charge in [0.05, 0.1) is 0 Å². The molecular formula is C32H45F3N8O. The van der Waals surface area contributed by atoms with Crippen molar-refractivity contribution in [3.8, 4) is 0 Å². The van der Waals surface area contributed by atoms with Crippen molar-refractivity contribution in [2.75, 3.05) is 70.0 Å². The van der Waals surface area contributed by atoms with Gasteiger partial charge in [0.15, 0.2) is 0 Å². The van der Waals surface area contributed by atoms with Crippen LogP contribution in [0.3, 0.4) is 0 Å². The molecule has 4 fully saturated rings. The van der Waals surface area contributed by atoms with E-state index in [1.54, 1.807) is 4.90 Å². The first-order valence-electron chi connectivity index (χ1n) is 16.3. The van der Waals surface area contributed by atoms with Gasteiger partial charge in [-0.05, 0) is 114 Å². The van der Waals surface area contributed by atoms with Gasteiger partial charge in [0, 0.05) is 44.1 Å². The maximum Gasteiger partial charge on any atom is 0.421 e. The van der Waals surface area contributed by atoms with Crippen molar-refractivity contribution < 1.29 is 18.0 Å². The zero-order valence-electron chi connectivity index (χ0n) is 25.6. The van der Waals surface area contributed by atoms with Gasteiger partial charge in [-0.3, -0.25) is 0 Å². The number of nitrogens with zero attached hydrogens (tertiary/aromatic N) is 5. The molecule has 44 heavy (non-hydrogen) atoms. The summed E-state index contributed by atoms with van der Waals surface area (Å²) in [6, 6.07) is 7.13. The third-order valence-electron chi connectivity index (χ3n) is 9.70. The molecule has 0 bridgehead atoms. The Bertz CT molecular complexity index is 1290. The molecule has 1 aliphatic carbocycles. The molecule has 9 nitrogen and oxygen atoms in total. The maximum absolute atomic E-state index is 13.8. The zero-order valence-corrected chi connectivity index (χ0v) is 25.6. The van der Waals surface area contributed by atoms with Crippen molar-refractivity contribution in [1.29, 1.82) is 0 Å². The van der Waals surface area contributed by atoms with Crippen LogP contribution in [0.2, 0.25) is 0 Å². The first-order valence-corrected chi connectivity index (χ1v) is 16.3. The zero-order chi connectivity index (χ0) is 30.7. The average molecular weight is 615 g/mol. The highest BCUT2D eigenvalue weighted by molar-refractivity contribution is 5.74. The lowest BCUT2D eigenvalue weighted by atomic mass is 9.86. The van der Waals surface area contributed by atoms with Crippen LogP contribution in [0.4, 0.5) is 35.4 Å². The number of anilines is 3. The van der Waals surface area contributed by atoms with Crippen molar-refractivity contribution in [3.05, 3.63) is 41.1 Å². The maximum atomic E-state index is 13.8. The number of rotatable bonds is 10. The van der Waals surface area contributed by atoms with Crippen LogP contribution in [-0.4, -0.2) is 96.1 Å². The number of hydrogen-bond acceptors (Lipinski definition) is 7. The second-order valence-corrected chi connectivity index (χ2v) is 12.9. The van der Waals surface area contributed by atoms with Gasteiger partial charge in [-0.25, -0.2) is 9.78 Å². The second-order valence-electron chi connectivity index (χ2n) is 12.9. The molecule has 6 rings (SSSR count). The van der Waals surface area contributed by atoms with Gasteiger partial charge in [-0.2, -0.15) is 18.2 Å². The summed E-state index contributed by atoms with van der Waals surface area (Å²) in [5.41, 5.74) is 2.53. The van der Waals surface area contributed by atoms with E-state index in [1.165, 1.54) is 37.1 Å². The lowest BCUT2D eigenvalue weighted by molar-refractivity contribution is -0.137. The lowest BCUT2D eigenvalue weighted by Gasteiger charge is -2.41. The Hall–Kier alpha value is -3.12. The van der Waals surface area contributed by atoms with Gasteiger partial charge in [-0.15, -0.1) is 0 Å². The molecule has 0 atom stereocenters. The third kappa shape index (κ3) is 7.56. The van der Waals surface area contributed by atoms with Gasteiger partial charge in [0.2, 0.25) is 5.95 Å². The fourth-order valence-corrected chi connectivity index (χ4v) is 6.91. The Kier molecular flexibility index (Phi) is 9.46. The molecular weight excluding hydrogens is 569 g/mol. The van der Waals surface area contributed by atoms with Crippen molar-refractivity contribution in [1.82, 2.24) is 30.0 Å². The average Bonchev–Trinajstić information content (AvgIpc) is 3.86. The predicted octanol–water partition coefficient (Wildman–Crippen LogP) is 5.61. The number of nitrogens with one attached hydrogen (secondary N) is 3. The number of halogens is 3. The minimum Gasteiger partial charge on any atom is -0.369 e. The molecule has 1 aromatic heterocycles. The van der Waals surface area contributed by atoms with Crippen molar-refractivity contribution in [3.63, 3.8) is 0 Å². The van der Waals surface area contributed by atoms with Gasteiger partial charge in [0.25, 0.3) is 0 Å². The number of hydrogen-bond donors (Lipinski definition) is 3. The fourth-order valence-electron chi connectivity index (χ4n) is 6.91. The number of carbonyl (C=O) groups is 1. The van der Waals surface area contributed by atoms with Gasteiger partial charge in [-0.1, -0.05) is 12.1 Å². The second kappa shape index (κ2) is 13.5. The van der Waals surface area contributed by atoms with E-state index in [0.29, 0.717) is 43.9 Å². The largest absolute Gasteiger partial charge is 0.421 e. The Morgan fingerprint density at radius 1 is 1.00 bits per heavy atom. The first kappa shape index (κ1) is 30.9. The van der Waals surface area contributed by atoms with E-state index in [1.807, 2.05) is 0 Å². The number of likely N-dealkylation sites (tertiary alicyclic amines) is 2. The predicted molar refractivity (Wildman–Crippen MR) is 165 cm³/mol. The molecule has 12 heteroatoms. The highest BCUT2D eigenvalue weighted by Gasteiger charge is 2.36. The van der Waals surface area contributed by atoms with Crippen LogP contribution < -0.4 is 16.0 Å². The summed E-state index contributed by atoms with van der Waals surface area (Å²) in [5.74, 6) is 0.866. The molecule has 1 saturated carbocycles. The van der Waals surface area contributed by atoms with Gasteiger partial charge < -0.3 is 30.7 Å². The van der Waals surface area contributed by atoms with E-state index in [2.05, 4.69) is 61.0 Å². The Labute approximate surface area is 258 Å². The van der Waals surface area contributed by atoms with E-state index in [4.69, 9.17) is 0 Å². The minimum absolute atomic E-state index is 0.128. The Balaban J connectivity index is 1.10. The van der Waals surface area contributed by atoms with Gasteiger partial charge in [0.1, 0.15) is 11.4 Å². The summed E-state index contributed by atoms with van der Waals surface area (Å²) in [4.78, 5) is 27.1. The SMILES string of the molecule is CN1CCC(N2CCC(c3ccc(Nc4ncc(C(F)(F)F)c(NCCCN5CCCNC5=O)n4)c(C4CC4)c3)CC2)CC1. The quantitative estimate of drug-likeness (QED) is 0.300. The smallest absolute Gasteiger partial charge is 0.369 e. The molecule has 4 heterocycles. The number of benzene rings is 1. The first-order chi connectivity index (χ1) is 21.2. The summed E-state index contributed by atoms with van der Waals surface area (Å²) in [6.45, 7) is 6.66. The number of alkyl halides is 3. The standard InChI is InChI=1S/C32H45F3N8O/c1-41-16-10-25(11-17-41)42-18-8-22(9-19-42)24-6-7-28(26(20-24)23-4-5-23)39-30-38-21-27(32(33,34)35)29(40-30)36-12-2-14-43-15-3-13-37-31(43)44/h6-7,20-23,25H,2-5,8-19H2,1H3,(H,37,44)(H2,36,38,39,40). The van der Waals surface area contributed by atoms with Crippen LogP contribution in [0.25, 0.3) is 0 Å². The van der Waals surface area contributed by atoms with Crippen LogP contribution in [-0.2, 0) is 6.18 Å². The van der Waals surface area contributed by atoms with Crippen molar-refractivity contribution >= 4 is 23.5 Å². The highest BCUT2D eigenvalue weighted by atomic mass is 19.4. The molecule has 0 spiro atoms. The van der Waals surface area contributed by atoms with Crippen LogP contribution in [0.5, 0.6) is 0 Å². The number of aromatic nitrogens is 2. The van der Waals surface area contributed by atoms with Crippen LogP contribution in [0.15, 0.2) is 24.4 Å². The van der Waals surface area contributed by atoms with Crippen molar-refractivity contribution in [2.45, 2.75) is 75.4 Å². The molecule has 2 aromatic rings. The molecule has 3 saturated heterocycles. The molecule has 2 amide bonds. The van der Waals surface area contributed by atoms with Crippen LogP contribution >= 0.6 is 0 Å². The van der Waals surface area contributed by atoms with E-state index in [-0.39, 0.29) is 24.3 Å². The fraction of sp³-hybridized carbons (Fsp3) is 0.656. The molecule has 4 aliphatic rings. The van der Waals surface area contributed by atoms with Crippen LogP contribution in [0.1, 0.15) is 79.9 Å². The molecule has 3 aliphatic heterocycles. The third-order valence-corrected chi connectivity index (χ3v) is 9.70. The van der Waals surface area contributed by atoms with E-state index in [9.17, 15) is 18.0 Å². The monoisotopic (exact) mass is 614 g/mol. The van der Waals surface area contributed by atoms with E-state index in [0.717, 1.165) is 57.1 Å². The number of amides is 2. The summed E-state index contributed by atoms with van der Waals surface area (Å²) in [5, 5.41) is 8.89. The molecule has 1 aromatic carbocycles. The number of urea groups is 1. The molecule has 3 N–H and O–H groups in total. The molecule has 0 radical (unpaired) electrons. The highest BCUT2D eigenvalue weighted by Crippen LogP contribution is 2.46. The number of carbonyl (C=O) groups excluding carboxylic acids is 1. The summed E-state index contributed by atoms with van der Waals surface area (Å²) >= 11 is 0. The van der Waals surface area contributed by atoms with Crippen molar-refractivity contribution in [2.24, 2.45) is 0 Å². The lowest BCUT2D eigenvalue weighted by Crippen LogP contribution is -2.46. The summed E-state index contributed by atoms with van der Waals surface area (Å²) in [7, 11) is 2.21. The topological polar surface area (TPSA) is 88.7 Å². The normalized spacial score (nSPS) is 21.4. The Morgan fingerprint density at radius 2 is 1.77 bits per heavy atom. The van der Waals surface area contributed by atoms with E-state index < -0.39 is 11.7 Å². The van der Waals surface area contributed by atoms with Crippen LogP contribution in [0, 0.1) is 0 Å². The van der Waals surface area contributed by atoms with Gasteiger partial charge >= 0.3 is 12.2 Å². The summed E-state index contributed by atoms with van der Waals surface area (Å²) < 4.78 is 41.4.